The monoisotopic (exact) mass is 423 g/mol. The second kappa shape index (κ2) is 9.69. The number of rotatable bonds is 7. The summed E-state index contributed by atoms with van der Waals surface area (Å²) in [6.07, 6.45) is 1.23. The molecule has 0 bridgehead atoms. The second-order valence-corrected chi connectivity index (χ2v) is 8.92. The Morgan fingerprint density at radius 1 is 1.17 bits per heavy atom. The van der Waals surface area contributed by atoms with Crippen molar-refractivity contribution in [3.63, 3.8) is 0 Å². The molecule has 0 atom stereocenters. The standard InChI is InChI=1S/C24H29N3O2S/c1-18-16-19(2)23-21(17-18)30-24(25-23)27(11-10-26-12-14-29-15-13-26)22(28)9-8-20-6-4-3-5-7-20/h3-7,16-17H,8-15H2,1-2H3. The molecule has 3 aromatic rings. The van der Waals surface area contributed by atoms with E-state index in [2.05, 4.69) is 43.0 Å². The minimum atomic E-state index is 0.139. The van der Waals surface area contributed by atoms with E-state index < -0.39 is 0 Å². The molecule has 0 N–H and O–H groups in total. The minimum absolute atomic E-state index is 0.139. The number of hydrogen-bond donors (Lipinski definition) is 0. The molecule has 4 rings (SSSR count). The van der Waals surface area contributed by atoms with Crippen LogP contribution in [0, 0.1) is 13.8 Å². The highest BCUT2D eigenvalue weighted by Gasteiger charge is 2.22. The molecule has 158 valence electrons. The van der Waals surface area contributed by atoms with E-state index in [4.69, 9.17) is 9.72 Å². The number of hydrogen-bond acceptors (Lipinski definition) is 5. The molecular weight excluding hydrogens is 394 g/mol. The lowest BCUT2D eigenvalue weighted by molar-refractivity contribution is -0.118. The molecule has 0 spiro atoms. The number of ether oxygens (including phenoxy) is 1. The minimum Gasteiger partial charge on any atom is -0.379 e. The number of nitrogens with zero attached hydrogens (tertiary/aromatic N) is 3. The van der Waals surface area contributed by atoms with Gasteiger partial charge in [0.2, 0.25) is 5.91 Å². The molecule has 6 heteroatoms. The summed E-state index contributed by atoms with van der Waals surface area (Å²) in [6.45, 7) is 9.07. The first-order valence-corrected chi connectivity index (χ1v) is 11.4. The summed E-state index contributed by atoms with van der Waals surface area (Å²) in [5, 5.41) is 0.810. The smallest absolute Gasteiger partial charge is 0.229 e. The van der Waals surface area contributed by atoms with Crippen molar-refractivity contribution in [3.05, 3.63) is 59.2 Å². The first-order valence-electron chi connectivity index (χ1n) is 10.6. The van der Waals surface area contributed by atoms with E-state index in [1.54, 1.807) is 11.3 Å². The normalized spacial score (nSPS) is 14.9. The third kappa shape index (κ3) is 5.06. The topological polar surface area (TPSA) is 45.7 Å². The predicted octanol–water partition coefficient (Wildman–Crippen LogP) is 4.21. The number of aromatic nitrogens is 1. The van der Waals surface area contributed by atoms with Crippen LogP contribution in [0.15, 0.2) is 42.5 Å². The molecule has 1 fully saturated rings. The Bertz CT molecular complexity index is 996. The van der Waals surface area contributed by atoms with Crippen molar-refractivity contribution in [2.45, 2.75) is 26.7 Å². The lowest BCUT2D eigenvalue weighted by Crippen LogP contribution is -2.43. The molecule has 0 radical (unpaired) electrons. The average Bonchev–Trinajstić information content (AvgIpc) is 3.18. The fraction of sp³-hybridized carbons (Fsp3) is 0.417. The van der Waals surface area contributed by atoms with Gasteiger partial charge in [-0.3, -0.25) is 14.6 Å². The number of benzene rings is 2. The van der Waals surface area contributed by atoms with Gasteiger partial charge in [-0.1, -0.05) is 47.7 Å². The van der Waals surface area contributed by atoms with Crippen molar-refractivity contribution >= 4 is 32.6 Å². The van der Waals surface area contributed by atoms with Crippen LogP contribution in [0.1, 0.15) is 23.1 Å². The van der Waals surface area contributed by atoms with Gasteiger partial charge in [0.1, 0.15) is 0 Å². The van der Waals surface area contributed by atoms with Crippen LogP contribution in [0.3, 0.4) is 0 Å². The van der Waals surface area contributed by atoms with Gasteiger partial charge in [-0.15, -0.1) is 0 Å². The largest absolute Gasteiger partial charge is 0.379 e. The molecule has 1 amide bonds. The number of thiazole rings is 1. The van der Waals surface area contributed by atoms with E-state index in [1.807, 2.05) is 23.1 Å². The highest BCUT2D eigenvalue weighted by Crippen LogP contribution is 2.32. The van der Waals surface area contributed by atoms with E-state index >= 15 is 0 Å². The zero-order valence-electron chi connectivity index (χ0n) is 17.8. The van der Waals surface area contributed by atoms with E-state index in [1.165, 1.54) is 11.1 Å². The molecule has 2 aromatic carbocycles. The van der Waals surface area contributed by atoms with Gasteiger partial charge >= 0.3 is 0 Å². The van der Waals surface area contributed by atoms with Crippen LogP contribution in [0.25, 0.3) is 10.2 Å². The van der Waals surface area contributed by atoms with Gasteiger partial charge in [-0.25, -0.2) is 4.98 Å². The van der Waals surface area contributed by atoms with Gasteiger partial charge in [-0.2, -0.15) is 0 Å². The molecule has 0 saturated carbocycles. The summed E-state index contributed by atoms with van der Waals surface area (Å²) >= 11 is 1.62. The van der Waals surface area contributed by atoms with Crippen molar-refractivity contribution in [2.24, 2.45) is 0 Å². The van der Waals surface area contributed by atoms with Crippen LogP contribution >= 0.6 is 11.3 Å². The Kier molecular flexibility index (Phi) is 6.77. The van der Waals surface area contributed by atoms with E-state index in [9.17, 15) is 4.79 Å². The number of carbonyl (C=O) groups excluding carboxylic acids is 1. The van der Waals surface area contributed by atoms with Crippen molar-refractivity contribution < 1.29 is 9.53 Å². The number of amides is 1. The van der Waals surface area contributed by atoms with E-state index in [-0.39, 0.29) is 5.91 Å². The molecule has 1 aliphatic rings. The first kappa shape index (κ1) is 21.0. The first-order chi connectivity index (χ1) is 14.6. The molecule has 1 aromatic heterocycles. The van der Waals surface area contributed by atoms with Gasteiger partial charge in [0.15, 0.2) is 5.13 Å². The Balaban J connectivity index is 1.54. The van der Waals surface area contributed by atoms with Crippen LogP contribution in [0.4, 0.5) is 5.13 Å². The Labute approximate surface area is 182 Å². The zero-order chi connectivity index (χ0) is 20.9. The lowest BCUT2D eigenvalue weighted by Gasteiger charge is -2.29. The average molecular weight is 424 g/mol. The second-order valence-electron chi connectivity index (χ2n) is 7.91. The molecule has 5 nitrogen and oxygen atoms in total. The highest BCUT2D eigenvalue weighted by atomic mass is 32.1. The Morgan fingerprint density at radius 3 is 2.70 bits per heavy atom. The quantitative estimate of drug-likeness (QED) is 0.571. The van der Waals surface area contributed by atoms with Crippen molar-refractivity contribution in [3.8, 4) is 0 Å². The maximum atomic E-state index is 13.3. The van der Waals surface area contributed by atoms with E-state index in [0.29, 0.717) is 13.0 Å². The van der Waals surface area contributed by atoms with Crippen LogP contribution in [0.2, 0.25) is 0 Å². The summed E-state index contributed by atoms with van der Waals surface area (Å²) in [5.74, 6) is 0.139. The SMILES string of the molecule is Cc1cc(C)c2nc(N(CCN3CCOCC3)C(=O)CCc3ccccc3)sc2c1. The number of aryl methyl sites for hydroxylation is 3. The highest BCUT2D eigenvalue weighted by molar-refractivity contribution is 7.22. The Hall–Kier alpha value is -2.28. The molecule has 30 heavy (non-hydrogen) atoms. The summed E-state index contributed by atoms with van der Waals surface area (Å²) in [6, 6.07) is 14.5. The maximum Gasteiger partial charge on any atom is 0.229 e. The van der Waals surface area contributed by atoms with Gasteiger partial charge in [-0.05, 0) is 43.0 Å². The predicted molar refractivity (Wildman–Crippen MR) is 123 cm³/mol. The summed E-state index contributed by atoms with van der Waals surface area (Å²) in [7, 11) is 0. The van der Waals surface area contributed by atoms with Crippen LogP contribution in [-0.2, 0) is 16.0 Å². The fourth-order valence-corrected chi connectivity index (χ4v) is 5.08. The van der Waals surface area contributed by atoms with Gasteiger partial charge in [0.25, 0.3) is 0 Å². The molecule has 2 heterocycles. The summed E-state index contributed by atoms with van der Waals surface area (Å²) in [5.41, 5.74) is 4.59. The van der Waals surface area contributed by atoms with Crippen molar-refractivity contribution in [1.29, 1.82) is 0 Å². The Morgan fingerprint density at radius 2 is 1.93 bits per heavy atom. The molecular formula is C24H29N3O2S. The summed E-state index contributed by atoms with van der Waals surface area (Å²) in [4.78, 5) is 22.4. The van der Waals surface area contributed by atoms with Crippen molar-refractivity contribution in [2.75, 3.05) is 44.3 Å². The van der Waals surface area contributed by atoms with E-state index in [0.717, 1.165) is 60.2 Å². The van der Waals surface area contributed by atoms with Crippen LogP contribution < -0.4 is 4.90 Å². The van der Waals surface area contributed by atoms with Crippen molar-refractivity contribution in [1.82, 2.24) is 9.88 Å². The third-order valence-electron chi connectivity index (χ3n) is 5.56. The number of morpholine rings is 1. The molecule has 0 unspecified atom stereocenters. The number of fused-ring (bicyclic) bond motifs is 1. The maximum absolute atomic E-state index is 13.3. The zero-order valence-corrected chi connectivity index (χ0v) is 18.6. The summed E-state index contributed by atoms with van der Waals surface area (Å²) < 4.78 is 6.61. The number of anilines is 1. The molecule has 1 saturated heterocycles. The van der Waals surface area contributed by atoms with Crippen LogP contribution in [-0.4, -0.2) is 55.2 Å². The van der Waals surface area contributed by atoms with Gasteiger partial charge in [0, 0.05) is 32.6 Å². The van der Waals surface area contributed by atoms with Crippen LogP contribution in [0.5, 0.6) is 0 Å². The van der Waals surface area contributed by atoms with Gasteiger partial charge < -0.3 is 4.74 Å². The molecule has 1 aliphatic heterocycles. The fourth-order valence-electron chi connectivity index (χ4n) is 3.90. The lowest BCUT2D eigenvalue weighted by atomic mass is 10.1. The number of carbonyl (C=O) groups is 1. The third-order valence-corrected chi connectivity index (χ3v) is 6.59. The molecule has 0 aliphatic carbocycles. The van der Waals surface area contributed by atoms with Gasteiger partial charge in [0.05, 0.1) is 23.4 Å².